The first-order valence-corrected chi connectivity index (χ1v) is 7.90. The molecule has 1 amide bonds. The van der Waals surface area contributed by atoms with Gasteiger partial charge in [-0.15, -0.1) is 12.4 Å². The zero-order valence-corrected chi connectivity index (χ0v) is 15.1. The third kappa shape index (κ3) is 5.99. The Hall–Kier alpha value is -2.18. The molecule has 0 aliphatic rings. The standard InChI is InChI=1S/C18H22FN3O2.ClH/c1-3-12(2)17(20)18(23)22-13-7-8-16(15(19)10-13)24-11-14-6-4-5-9-21-14;/h4-10,12,17H,3,11,20H2,1-2H3,(H,22,23);1H. The van der Waals surface area contributed by atoms with Gasteiger partial charge >= 0.3 is 0 Å². The second-order valence-electron chi connectivity index (χ2n) is 5.66. The lowest BCUT2D eigenvalue weighted by atomic mass is 9.99. The number of nitrogens with two attached hydrogens (primary N) is 1. The number of rotatable bonds is 7. The van der Waals surface area contributed by atoms with Crippen LogP contribution in [0.3, 0.4) is 0 Å². The molecule has 0 fully saturated rings. The molecule has 0 aliphatic heterocycles. The highest BCUT2D eigenvalue weighted by molar-refractivity contribution is 5.94. The number of halogens is 2. The zero-order valence-electron chi connectivity index (χ0n) is 14.2. The molecule has 0 saturated carbocycles. The van der Waals surface area contributed by atoms with Crippen LogP contribution in [-0.2, 0) is 11.4 Å². The number of benzene rings is 1. The molecule has 3 N–H and O–H groups in total. The summed E-state index contributed by atoms with van der Waals surface area (Å²) in [4.78, 5) is 16.1. The molecule has 2 rings (SSSR count). The predicted molar refractivity (Wildman–Crippen MR) is 98.3 cm³/mol. The van der Waals surface area contributed by atoms with Crippen molar-refractivity contribution < 1.29 is 13.9 Å². The van der Waals surface area contributed by atoms with Gasteiger partial charge in [0.2, 0.25) is 5.91 Å². The average molecular weight is 368 g/mol. The van der Waals surface area contributed by atoms with Gasteiger partial charge in [0.25, 0.3) is 0 Å². The Morgan fingerprint density at radius 1 is 1.36 bits per heavy atom. The lowest BCUT2D eigenvalue weighted by molar-refractivity contribution is -0.118. The second kappa shape index (κ2) is 9.96. The molecule has 5 nitrogen and oxygen atoms in total. The van der Waals surface area contributed by atoms with Gasteiger partial charge in [-0.25, -0.2) is 4.39 Å². The number of ether oxygens (including phenoxy) is 1. The van der Waals surface area contributed by atoms with Gasteiger partial charge in [-0.1, -0.05) is 26.3 Å². The van der Waals surface area contributed by atoms with Gasteiger partial charge in [-0.05, 0) is 30.2 Å². The Morgan fingerprint density at radius 2 is 2.12 bits per heavy atom. The Kier molecular flexibility index (Phi) is 8.31. The zero-order chi connectivity index (χ0) is 17.5. The van der Waals surface area contributed by atoms with Crippen LogP contribution >= 0.6 is 12.4 Å². The summed E-state index contributed by atoms with van der Waals surface area (Å²) < 4.78 is 19.5. The Balaban J connectivity index is 0.00000312. The number of amides is 1. The summed E-state index contributed by atoms with van der Waals surface area (Å²) in [6.07, 6.45) is 2.44. The number of nitrogens with one attached hydrogen (secondary N) is 1. The topological polar surface area (TPSA) is 77.2 Å². The Bertz CT molecular complexity index is 685. The van der Waals surface area contributed by atoms with Crippen molar-refractivity contribution in [3.8, 4) is 5.75 Å². The quantitative estimate of drug-likeness (QED) is 0.784. The number of hydrogen-bond acceptors (Lipinski definition) is 4. The van der Waals surface area contributed by atoms with Crippen LogP contribution in [-0.4, -0.2) is 16.9 Å². The molecule has 1 aromatic heterocycles. The van der Waals surface area contributed by atoms with Crippen LogP contribution in [0.1, 0.15) is 26.0 Å². The summed E-state index contributed by atoms with van der Waals surface area (Å²) in [6.45, 7) is 4.03. The lowest BCUT2D eigenvalue weighted by Crippen LogP contribution is -2.40. The van der Waals surface area contributed by atoms with Gasteiger partial charge in [0.15, 0.2) is 11.6 Å². The van der Waals surface area contributed by atoms with E-state index in [1.807, 2.05) is 19.9 Å². The molecule has 1 heterocycles. The van der Waals surface area contributed by atoms with E-state index in [0.29, 0.717) is 11.4 Å². The molecule has 1 aromatic carbocycles. The number of carbonyl (C=O) groups excluding carboxylic acids is 1. The van der Waals surface area contributed by atoms with E-state index in [1.165, 1.54) is 12.1 Å². The van der Waals surface area contributed by atoms with Crippen molar-refractivity contribution in [2.45, 2.75) is 32.9 Å². The van der Waals surface area contributed by atoms with Crippen LogP contribution in [0, 0.1) is 11.7 Å². The third-order valence-corrected chi connectivity index (χ3v) is 3.86. The number of anilines is 1. The largest absolute Gasteiger partial charge is 0.484 e. The molecule has 25 heavy (non-hydrogen) atoms. The number of carbonyl (C=O) groups is 1. The van der Waals surface area contributed by atoms with Crippen LogP contribution in [0.25, 0.3) is 0 Å². The van der Waals surface area contributed by atoms with E-state index in [9.17, 15) is 9.18 Å². The maximum absolute atomic E-state index is 14.1. The molecule has 2 atom stereocenters. The predicted octanol–water partition coefficient (Wildman–Crippen LogP) is 3.53. The monoisotopic (exact) mass is 367 g/mol. The van der Waals surface area contributed by atoms with E-state index in [4.69, 9.17) is 10.5 Å². The first-order chi connectivity index (χ1) is 11.5. The van der Waals surface area contributed by atoms with Gasteiger partial charge in [-0.3, -0.25) is 9.78 Å². The summed E-state index contributed by atoms with van der Waals surface area (Å²) in [5.41, 5.74) is 6.91. The fourth-order valence-electron chi connectivity index (χ4n) is 2.07. The summed E-state index contributed by atoms with van der Waals surface area (Å²) in [5, 5.41) is 2.63. The summed E-state index contributed by atoms with van der Waals surface area (Å²) in [5.74, 6) is -0.729. The van der Waals surface area contributed by atoms with E-state index in [0.717, 1.165) is 6.42 Å². The van der Waals surface area contributed by atoms with Crippen LogP contribution < -0.4 is 15.8 Å². The number of nitrogens with zero attached hydrogens (tertiary/aromatic N) is 1. The summed E-state index contributed by atoms with van der Waals surface area (Å²) in [7, 11) is 0. The highest BCUT2D eigenvalue weighted by Gasteiger charge is 2.19. The van der Waals surface area contributed by atoms with Crippen molar-refractivity contribution in [1.29, 1.82) is 0 Å². The molecule has 0 spiro atoms. The summed E-state index contributed by atoms with van der Waals surface area (Å²) >= 11 is 0. The summed E-state index contributed by atoms with van der Waals surface area (Å²) in [6, 6.07) is 9.07. The maximum Gasteiger partial charge on any atom is 0.241 e. The van der Waals surface area contributed by atoms with Gasteiger partial charge in [-0.2, -0.15) is 0 Å². The molecular formula is C18H23ClFN3O2. The number of pyridine rings is 1. The van der Waals surface area contributed by atoms with Crippen LogP contribution in [0.4, 0.5) is 10.1 Å². The molecule has 2 aromatic rings. The molecule has 0 saturated heterocycles. The normalized spacial score (nSPS) is 12.6. The Labute approximate surface area is 153 Å². The first-order valence-electron chi connectivity index (χ1n) is 7.90. The minimum atomic E-state index is -0.627. The van der Waals surface area contributed by atoms with E-state index in [2.05, 4.69) is 10.3 Å². The van der Waals surface area contributed by atoms with Crippen molar-refractivity contribution >= 4 is 24.0 Å². The van der Waals surface area contributed by atoms with E-state index in [1.54, 1.807) is 24.4 Å². The number of hydrogen-bond donors (Lipinski definition) is 2. The van der Waals surface area contributed by atoms with E-state index >= 15 is 0 Å². The number of aromatic nitrogens is 1. The molecule has 0 aliphatic carbocycles. The molecule has 0 bridgehead atoms. The first kappa shape index (κ1) is 20.9. The van der Waals surface area contributed by atoms with Crippen molar-refractivity contribution in [2.75, 3.05) is 5.32 Å². The van der Waals surface area contributed by atoms with Crippen molar-refractivity contribution in [2.24, 2.45) is 11.7 Å². The highest BCUT2D eigenvalue weighted by atomic mass is 35.5. The van der Waals surface area contributed by atoms with Crippen molar-refractivity contribution in [3.63, 3.8) is 0 Å². The fourth-order valence-corrected chi connectivity index (χ4v) is 2.07. The average Bonchev–Trinajstić information content (AvgIpc) is 2.60. The molecular weight excluding hydrogens is 345 g/mol. The van der Waals surface area contributed by atoms with Crippen LogP contribution in [0.5, 0.6) is 5.75 Å². The molecule has 0 radical (unpaired) electrons. The van der Waals surface area contributed by atoms with Gasteiger partial charge < -0.3 is 15.8 Å². The van der Waals surface area contributed by atoms with Gasteiger partial charge in [0, 0.05) is 18.0 Å². The van der Waals surface area contributed by atoms with Crippen LogP contribution in [0.2, 0.25) is 0 Å². The minimum absolute atomic E-state index is 0. The van der Waals surface area contributed by atoms with Gasteiger partial charge in [0.1, 0.15) is 6.61 Å². The van der Waals surface area contributed by atoms with Crippen molar-refractivity contribution in [1.82, 2.24) is 4.98 Å². The fraction of sp³-hybridized carbons (Fsp3) is 0.333. The molecule has 7 heteroatoms. The van der Waals surface area contributed by atoms with Crippen LogP contribution in [0.15, 0.2) is 42.6 Å². The SMILES string of the molecule is CCC(C)C(N)C(=O)Nc1ccc(OCc2ccccn2)c(F)c1.Cl. The van der Waals surface area contributed by atoms with E-state index < -0.39 is 11.9 Å². The highest BCUT2D eigenvalue weighted by Crippen LogP contribution is 2.22. The molecule has 136 valence electrons. The lowest BCUT2D eigenvalue weighted by Gasteiger charge is -2.18. The molecule has 2 unspecified atom stereocenters. The van der Waals surface area contributed by atoms with Gasteiger partial charge in [0.05, 0.1) is 11.7 Å². The maximum atomic E-state index is 14.1. The second-order valence-corrected chi connectivity index (χ2v) is 5.66. The minimum Gasteiger partial charge on any atom is -0.484 e. The van der Waals surface area contributed by atoms with Crippen molar-refractivity contribution in [3.05, 3.63) is 54.1 Å². The Morgan fingerprint density at radius 3 is 2.72 bits per heavy atom. The van der Waals surface area contributed by atoms with E-state index in [-0.39, 0.29) is 36.6 Å². The third-order valence-electron chi connectivity index (χ3n) is 3.86. The smallest absolute Gasteiger partial charge is 0.241 e.